The van der Waals surface area contributed by atoms with E-state index >= 15 is 0 Å². The van der Waals surface area contributed by atoms with Gasteiger partial charge in [0.1, 0.15) is 17.4 Å². The van der Waals surface area contributed by atoms with Crippen LogP contribution >= 0.6 is 0 Å². The van der Waals surface area contributed by atoms with Crippen LogP contribution in [0, 0.1) is 18.6 Å². The molecule has 0 fully saturated rings. The van der Waals surface area contributed by atoms with Gasteiger partial charge in [0.25, 0.3) is 5.91 Å². The Hall–Kier alpha value is -2.96. The van der Waals surface area contributed by atoms with Crippen molar-refractivity contribution in [1.82, 2.24) is 0 Å². The molecule has 126 valence electrons. The first kappa shape index (κ1) is 17.4. The number of halogens is 2. The molecule has 2 aromatic rings. The van der Waals surface area contributed by atoms with Crippen LogP contribution in [0.25, 0.3) is 0 Å². The Labute approximate surface area is 137 Å². The maximum Gasteiger partial charge on any atom is 0.338 e. The second-order valence-electron chi connectivity index (χ2n) is 4.96. The van der Waals surface area contributed by atoms with E-state index in [1.807, 2.05) is 0 Å². The quantitative estimate of drug-likeness (QED) is 0.853. The van der Waals surface area contributed by atoms with Crippen LogP contribution in [0.3, 0.4) is 0 Å². The molecule has 0 bridgehead atoms. The summed E-state index contributed by atoms with van der Waals surface area (Å²) in [6.45, 7) is 1.12. The highest BCUT2D eigenvalue weighted by Gasteiger charge is 2.14. The molecule has 5 nitrogen and oxygen atoms in total. The van der Waals surface area contributed by atoms with Gasteiger partial charge in [-0.1, -0.05) is 0 Å². The second kappa shape index (κ2) is 7.54. The van der Waals surface area contributed by atoms with Crippen molar-refractivity contribution in [2.45, 2.75) is 6.92 Å². The fourth-order valence-electron chi connectivity index (χ4n) is 2.02. The first-order valence-electron chi connectivity index (χ1n) is 6.97. The van der Waals surface area contributed by atoms with E-state index in [1.165, 1.54) is 13.2 Å². The number of carbonyl (C=O) groups excluding carboxylic acids is 2. The lowest BCUT2D eigenvalue weighted by atomic mass is 10.1. The highest BCUT2D eigenvalue weighted by molar-refractivity contribution is 5.96. The number of methoxy groups -OCH3 is 1. The van der Waals surface area contributed by atoms with Gasteiger partial charge >= 0.3 is 5.97 Å². The Balaban J connectivity index is 1.95. The molecule has 2 rings (SSSR count). The van der Waals surface area contributed by atoms with Gasteiger partial charge in [-0.3, -0.25) is 4.79 Å². The number of ether oxygens (including phenoxy) is 2. The average Bonchev–Trinajstić information content (AvgIpc) is 2.51. The van der Waals surface area contributed by atoms with Crippen LogP contribution < -0.4 is 10.1 Å². The molecule has 0 aliphatic carbocycles. The van der Waals surface area contributed by atoms with Crippen LogP contribution in [0.2, 0.25) is 0 Å². The summed E-state index contributed by atoms with van der Waals surface area (Å²) in [7, 11) is 1.51. The van der Waals surface area contributed by atoms with Crippen molar-refractivity contribution < 1.29 is 27.8 Å². The largest absolute Gasteiger partial charge is 0.497 e. The number of amides is 1. The van der Waals surface area contributed by atoms with E-state index in [4.69, 9.17) is 9.47 Å². The molecule has 0 saturated carbocycles. The van der Waals surface area contributed by atoms with Crippen LogP contribution in [0.1, 0.15) is 15.9 Å². The molecule has 0 aromatic heterocycles. The second-order valence-corrected chi connectivity index (χ2v) is 4.96. The van der Waals surface area contributed by atoms with Crippen molar-refractivity contribution in [3.8, 4) is 5.75 Å². The highest BCUT2D eigenvalue weighted by Crippen LogP contribution is 2.18. The summed E-state index contributed by atoms with van der Waals surface area (Å²) in [5.74, 6) is -2.45. The molecular weight excluding hydrogens is 320 g/mol. The summed E-state index contributed by atoms with van der Waals surface area (Å²) >= 11 is 0. The van der Waals surface area contributed by atoms with Crippen LogP contribution in [0.4, 0.5) is 14.5 Å². The number of aryl methyl sites for hydroxylation is 1. The number of hydrogen-bond donors (Lipinski definition) is 1. The van der Waals surface area contributed by atoms with Crippen LogP contribution in [-0.4, -0.2) is 25.6 Å². The number of carbonyl (C=O) groups is 2. The van der Waals surface area contributed by atoms with E-state index in [1.54, 1.807) is 19.1 Å². The number of benzene rings is 2. The lowest BCUT2D eigenvalue weighted by Gasteiger charge is -2.09. The van der Waals surface area contributed by atoms with E-state index in [9.17, 15) is 18.4 Å². The molecule has 7 heteroatoms. The van der Waals surface area contributed by atoms with Gasteiger partial charge < -0.3 is 14.8 Å². The first-order chi connectivity index (χ1) is 11.4. The minimum Gasteiger partial charge on any atom is -0.497 e. The first-order valence-corrected chi connectivity index (χ1v) is 6.97. The Morgan fingerprint density at radius 1 is 1.08 bits per heavy atom. The van der Waals surface area contributed by atoms with Gasteiger partial charge in [0.05, 0.1) is 12.7 Å². The van der Waals surface area contributed by atoms with Crippen molar-refractivity contribution in [3.05, 3.63) is 59.2 Å². The number of rotatable bonds is 5. The minimum absolute atomic E-state index is 0.0609. The van der Waals surface area contributed by atoms with Crippen LogP contribution in [0.15, 0.2) is 36.4 Å². The third-order valence-corrected chi connectivity index (χ3v) is 3.13. The summed E-state index contributed by atoms with van der Waals surface area (Å²) in [4.78, 5) is 23.7. The summed E-state index contributed by atoms with van der Waals surface area (Å²) in [6, 6.07) is 7.37. The molecule has 0 aliphatic heterocycles. The number of hydrogen-bond acceptors (Lipinski definition) is 4. The smallest absolute Gasteiger partial charge is 0.338 e. The maximum atomic E-state index is 13.0. The van der Waals surface area contributed by atoms with Gasteiger partial charge in [-0.15, -0.1) is 0 Å². The number of nitrogens with one attached hydrogen (secondary N) is 1. The third-order valence-electron chi connectivity index (χ3n) is 3.13. The summed E-state index contributed by atoms with van der Waals surface area (Å²) in [5.41, 5.74) is 0.863. The van der Waals surface area contributed by atoms with Crippen molar-refractivity contribution in [2.24, 2.45) is 0 Å². The van der Waals surface area contributed by atoms with Gasteiger partial charge in [-0.2, -0.15) is 0 Å². The molecule has 0 heterocycles. The van der Waals surface area contributed by atoms with Gasteiger partial charge in [-0.05, 0) is 42.8 Å². The van der Waals surface area contributed by atoms with Crippen molar-refractivity contribution >= 4 is 17.6 Å². The van der Waals surface area contributed by atoms with Crippen molar-refractivity contribution in [2.75, 3.05) is 19.0 Å². The standard InChI is InChI=1S/C17H15F2NO4/c1-10-5-14(23-2)3-4-15(10)17(22)24-9-16(21)20-13-7-11(18)6-12(19)8-13/h3-8H,9H2,1-2H3,(H,20,21). The van der Waals surface area contributed by atoms with E-state index in [-0.39, 0.29) is 5.69 Å². The Morgan fingerprint density at radius 3 is 2.33 bits per heavy atom. The summed E-state index contributed by atoms with van der Waals surface area (Å²) in [6.07, 6.45) is 0. The van der Waals surface area contributed by atoms with Gasteiger partial charge in [0.2, 0.25) is 0 Å². The molecule has 24 heavy (non-hydrogen) atoms. The Bertz CT molecular complexity index is 757. The molecule has 0 saturated heterocycles. The number of esters is 1. The predicted molar refractivity (Wildman–Crippen MR) is 83.0 cm³/mol. The Morgan fingerprint density at radius 2 is 1.75 bits per heavy atom. The lowest BCUT2D eigenvalue weighted by molar-refractivity contribution is -0.119. The topological polar surface area (TPSA) is 64.6 Å². The van der Waals surface area contributed by atoms with Gasteiger partial charge in [-0.25, -0.2) is 13.6 Å². The third kappa shape index (κ3) is 4.52. The fraction of sp³-hybridized carbons (Fsp3) is 0.176. The highest BCUT2D eigenvalue weighted by atomic mass is 19.1. The van der Waals surface area contributed by atoms with Crippen molar-refractivity contribution in [1.29, 1.82) is 0 Å². The molecule has 0 radical (unpaired) electrons. The molecule has 1 amide bonds. The molecule has 1 N–H and O–H groups in total. The van der Waals surface area contributed by atoms with Gasteiger partial charge in [0.15, 0.2) is 6.61 Å². The maximum absolute atomic E-state index is 13.0. The summed E-state index contributed by atoms with van der Waals surface area (Å²) in [5, 5.41) is 2.25. The van der Waals surface area contributed by atoms with Gasteiger partial charge in [0, 0.05) is 11.8 Å². The van der Waals surface area contributed by atoms with Crippen LogP contribution in [-0.2, 0) is 9.53 Å². The summed E-state index contributed by atoms with van der Waals surface area (Å²) < 4.78 is 36.0. The van der Waals surface area contributed by atoms with Crippen molar-refractivity contribution in [3.63, 3.8) is 0 Å². The normalized spacial score (nSPS) is 10.2. The predicted octanol–water partition coefficient (Wildman–Crippen LogP) is 3.08. The molecular formula is C17H15F2NO4. The van der Waals surface area contributed by atoms with E-state index in [0.29, 0.717) is 22.9 Å². The zero-order valence-electron chi connectivity index (χ0n) is 13.1. The zero-order valence-corrected chi connectivity index (χ0v) is 13.1. The van der Waals surface area contributed by atoms with E-state index < -0.39 is 30.1 Å². The SMILES string of the molecule is COc1ccc(C(=O)OCC(=O)Nc2cc(F)cc(F)c2)c(C)c1. The zero-order chi connectivity index (χ0) is 17.7. The molecule has 0 atom stereocenters. The van der Waals surface area contributed by atoms with E-state index in [2.05, 4.69) is 5.32 Å². The van der Waals surface area contributed by atoms with Crippen LogP contribution in [0.5, 0.6) is 5.75 Å². The fourth-order valence-corrected chi connectivity index (χ4v) is 2.02. The number of anilines is 1. The minimum atomic E-state index is -0.823. The molecule has 0 spiro atoms. The monoisotopic (exact) mass is 335 g/mol. The Kier molecular flexibility index (Phi) is 5.47. The lowest BCUT2D eigenvalue weighted by Crippen LogP contribution is -2.21. The molecule has 0 unspecified atom stereocenters. The molecule has 2 aromatic carbocycles. The van der Waals surface area contributed by atoms with E-state index in [0.717, 1.165) is 12.1 Å². The average molecular weight is 335 g/mol. The molecule has 0 aliphatic rings.